The van der Waals surface area contributed by atoms with Crippen LogP contribution >= 0.6 is 0 Å². The molecule has 5 rings (SSSR count). The first-order valence-electron chi connectivity index (χ1n) is 12.3. The normalized spacial score (nSPS) is 16.7. The van der Waals surface area contributed by atoms with Gasteiger partial charge in [-0.1, -0.05) is 104 Å². The van der Waals surface area contributed by atoms with E-state index in [2.05, 4.69) is 141 Å². The first kappa shape index (κ1) is 22.9. The summed E-state index contributed by atoms with van der Waals surface area (Å²) in [5, 5.41) is 11.0. The molecular weight excluding hydrogens is 426 g/mol. The lowest BCUT2D eigenvalue weighted by Gasteiger charge is -2.33. The van der Waals surface area contributed by atoms with Crippen molar-refractivity contribution in [3.8, 4) is 0 Å². The SMILES string of the molecule is Cc1ccc(NCc2ccc(N3N=C(c4ccccc4)C(C)(C)[C@H]3c3ccccc3)cc2)c(C)c1. The zero-order valence-electron chi connectivity index (χ0n) is 21.0. The number of aryl methyl sites for hydroxylation is 2. The van der Waals surface area contributed by atoms with Gasteiger partial charge in [0.25, 0.3) is 0 Å². The maximum absolute atomic E-state index is 5.22. The summed E-state index contributed by atoms with van der Waals surface area (Å²) in [6, 6.07) is 36.7. The van der Waals surface area contributed by atoms with Gasteiger partial charge in [0.15, 0.2) is 0 Å². The molecule has 0 amide bonds. The molecule has 0 bridgehead atoms. The zero-order valence-corrected chi connectivity index (χ0v) is 21.0. The minimum Gasteiger partial charge on any atom is -0.381 e. The zero-order chi connectivity index (χ0) is 24.4. The minimum atomic E-state index is -0.161. The van der Waals surface area contributed by atoms with Gasteiger partial charge in [-0.3, -0.25) is 5.01 Å². The van der Waals surface area contributed by atoms with Crippen molar-refractivity contribution in [3.63, 3.8) is 0 Å². The molecule has 4 aromatic carbocycles. The summed E-state index contributed by atoms with van der Waals surface area (Å²) in [6.45, 7) is 9.68. The molecule has 176 valence electrons. The second-order valence-electron chi connectivity index (χ2n) is 10.0. The number of rotatable bonds is 6. The molecule has 1 aliphatic rings. The minimum absolute atomic E-state index is 0.109. The van der Waals surface area contributed by atoms with E-state index in [9.17, 15) is 0 Å². The fourth-order valence-electron chi connectivity index (χ4n) is 5.13. The Labute approximate surface area is 209 Å². The van der Waals surface area contributed by atoms with Gasteiger partial charge < -0.3 is 5.32 Å². The Morgan fingerprint density at radius 3 is 2.11 bits per heavy atom. The Balaban J connectivity index is 1.44. The monoisotopic (exact) mass is 459 g/mol. The van der Waals surface area contributed by atoms with Crippen molar-refractivity contribution < 1.29 is 0 Å². The van der Waals surface area contributed by atoms with Gasteiger partial charge in [0.1, 0.15) is 0 Å². The lowest BCUT2D eigenvalue weighted by molar-refractivity contribution is 0.425. The topological polar surface area (TPSA) is 27.6 Å². The molecule has 0 aliphatic carbocycles. The first-order chi connectivity index (χ1) is 16.9. The number of hydrogen-bond donors (Lipinski definition) is 1. The number of nitrogens with one attached hydrogen (secondary N) is 1. The Kier molecular flexibility index (Phi) is 6.17. The van der Waals surface area contributed by atoms with E-state index in [0.29, 0.717) is 0 Å². The molecule has 1 aliphatic heterocycles. The Bertz CT molecular complexity index is 1320. The maximum Gasteiger partial charge on any atom is 0.0882 e. The summed E-state index contributed by atoms with van der Waals surface area (Å²) in [7, 11) is 0. The van der Waals surface area contributed by atoms with E-state index in [4.69, 9.17) is 5.10 Å². The molecule has 0 unspecified atom stereocenters. The van der Waals surface area contributed by atoms with Gasteiger partial charge in [0, 0.05) is 17.6 Å². The molecular formula is C32H33N3. The van der Waals surface area contributed by atoms with Gasteiger partial charge in [-0.05, 0) is 54.3 Å². The summed E-state index contributed by atoms with van der Waals surface area (Å²) in [5.41, 5.74) is 9.50. The second kappa shape index (κ2) is 9.42. The maximum atomic E-state index is 5.22. The van der Waals surface area contributed by atoms with Crippen LogP contribution in [0.4, 0.5) is 11.4 Å². The van der Waals surface area contributed by atoms with Gasteiger partial charge in [0.2, 0.25) is 0 Å². The van der Waals surface area contributed by atoms with Gasteiger partial charge >= 0.3 is 0 Å². The van der Waals surface area contributed by atoms with E-state index in [1.165, 1.54) is 33.5 Å². The molecule has 3 heteroatoms. The van der Waals surface area contributed by atoms with Gasteiger partial charge in [0.05, 0.1) is 17.4 Å². The van der Waals surface area contributed by atoms with Crippen molar-refractivity contribution in [2.24, 2.45) is 10.5 Å². The molecule has 1 heterocycles. The molecule has 1 atom stereocenters. The van der Waals surface area contributed by atoms with Crippen molar-refractivity contribution in [1.82, 2.24) is 0 Å². The van der Waals surface area contributed by atoms with Crippen molar-refractivity contribution >= 4 is 17.1 Å². The van der Waals surface area contributed by atoms with Crippen LogP contribution in [0.3, 0.4) is 0 Å². The smallest absolute Gasteiger partial charge is 0.0882 e. The molecule has 4 aromatic rings. The molecule has 0 saturated heterocycles. The number of hydrogen-bond acceptors (Lipinski definition) is 3. The van der Waals surface area contributed by atoms with Gasteiger partial charge in [-0.2, -0.15) is 5.10 Å². The highest BCUT2D eigenvalue weighted by Crippen LogP contribution is 2.48. The highest BCUT2D eigenvalue weighted by molar-refractivity contribution is 6.07. The molecule has 0 fully saturated rings. The van der Waals surface area contributed by atoms with Crippen LogP contribution in [0.5, 0.6) is 0 Å². The van der Waals surface area contributed by atoms with E-state index >= 15 is 0 Å². The van der Waals surface area contributed by atoms with Crippen LogP contribution in [0.1, 0.15) is 47.7 Å². The standard InChI is InChI=1S/C32H33N3/c1-23-15-20-29(24(2)21-23)33-22-25-16-18-28(19-17-25)35-31(27-13-9-6-10-14-27)32(3,4)30(34-35)26-11-7-5-8-12-26/h5-21,31,33H,22H2,1-4H3/t31-/m1/s1. The molecule has 1 N–H and O–H groups in total. The number of nitrogens with zero attached hydrogens (tertiary/aromatic N) is 2. The van der Waals surface area contributed by atoms with Crippen LogP contribution < -0.4 is 10.3 Å². The predicted octanol–water partition coefficient (Wildman–Crippen LogP) is 7.91. The van der Waals surface area contributed by atoms with Gasteiger partial charge in [-0.25, -0.2) is 0 Å². The van der Waals surface area contributed by atoms with Crippen LogP contribution in [0.25, 0.3) is 0 Å². The largest absolute Gasteiger partial charge is 0.381 e. The lowest BCUT2D eigenvalue weighted by atomic mass is 9.75. The van der Waals surface area contributed by atoms with E-state index in [1.807, 2.05) is 0 Å². The van der Waals surface area contributed by atoms with Crippen LogP contribution in [0, 0.1) is 19.3 Å². The Morgan fingerprint density at radius 1 is 0.800 bits per heavy atom. The highest BCUT2D eigenvalue weighted by atomic mass is 15.5. The van der Waals surface area contributed by atoms with E-state index in [1.54, 1.807) is 0 Å². The van der Waals surface area contributed by atoms with Crippen molar-refractivity contribution in [2.75, 3.05) is 10.3 Å². The molecule has 3 nitrogen and oxygen atoms in total. The molecule has 0 saturated carbocycles. The Morgan fingerprint density at radius 2 is 1.46 bits per heavy atom. The molecule has 0 spiro atoms. The van der Waals surface area contributed by atoms with Crippen LogP contribution in [-0.4, -0.2) is 5.71 Å². The fourth-order valence-corrected chi connectivity index (χ4v) is 5.13. The van der Waals surface area contributed by atoms with Crippen molar-refractivity contribution in [2.45, 2.75) is 40.3 Å². The molecule has 0 aromatic heterocycles. The summed E-state index contributed by atoms with van der Waals surface area (Å²) in [5.74, 6) is 0. The molecule has 35 heavy (non-hydrogen) atoms. The van der Waals surface area contributed by atoms with Crippen molar-refractivity contribution in [1.29, 1.82) is 0 Å². The summed E-state index contributed by atoms with van der Waals surface area (Å²) in [4.78, 5) is 0. The van der Waals surface area contributed by atoms with Crippen LogP contribution in [0.2, 0.25) is 0 Å². The number of benzene rings is 4. The number of anilines is 2. The van der Waals surface area contributed by atoms with Gasteiger partial charge in [-0.15, -0.1) is 0 Å². The van der Waals surface area contributed by atoms with E-state index < -0.39 is 0 Å². The average molecular weight is 460 g/mol. The average Bonchev–Trinajstić information content (AvgIpc) is 3.15. The summed E-state index contributed by atoms with van der Waals surface area (Å²) < 4.78 is 0. The Hall–Kier alpha value is -3.85. The fraction of sp³-hybridized carbons (Fsp3) is 0.219. The number of hydrazone groups is 1. The summed E-state index contributed by atoms with van der Waals surface area (Å²) >= 11 is 0. The lowest BCUT2D eigenvalue weighted by Crippen LogP contribution is -2.32. The van der Waals surface area contributed by atoms with Crippen LogP contribution in [0.15, 0.2) is 108 Å². The second-order valence-corrected chi connectivity index (χ2v) is 10.0. The first-order valence-corrected chi connectivity index (χ1v) is 12.3. The molecule has 0 radical (unpaired) electrons. The van der Waals surface area contributed by atoms with Crippen LogP contribution in [-0.2, 0) is 6.54 Å². The third-order valence-corrected chi connectivity index (χ3v) is 6.97. The summed E-state index contributed by atoms with van der Waals surface area (Å²) in [6.07, 6.45) is 0. The third kappa shape index (κ3) is 4.59. The van der Waals surface area contributed by atoms with E-state index in [-0.39, 0.29) is 11.5 Å². The highest BCUT2D eigenvalue weighted by Gasteiger charge is 2.46. The predicted molar refractivity (Wildman–Crippen MR) is 148 cm³/mol. The quantitative estimate of drug-likeness (QED) is 0.317. The van der Waals surface area contributed by atoms with E-state index in [0.717, 1.165) is 17.9 Å². The van der Waals surface area contributed by atoms with Crippen molar-refractivity contribution in [3.05, 3.63) is 131 Å². The third-order valence-electron chi connectivity index (χ3n) is 6.97.